The van der Waals surface area contributed by atoms with Crippen molar-refractivity contribution in [2.75, 3.05) is 31.6 Å². The van der Waals surface area contributed by atoms with Gasteiger partial charge in [-0.05, 0) is 47.0 Å². The standard InChI is InChI=1S/C18H20N2O3S/c21-17(5-4-14-6-11-24-13-14)19-16-3-1-2-15(12-16)18(22)20-7-9-23-10-8-20/h1-3,6,11-13H,4-5,7-10H2,(H,19,21). The van der Waals surface area contributed by atoms with E-state index in [0.29, 0.717) is 44.0 Å². The summed E-state index contributed by atoms with van der Waals surface area (Å²) in [5.74, 6) is -0.0650. The Morgan fingerprint density at radius 3 is 2.79 bits per heavy atom. The Hall–Kier alpha value is -2.18. The van der Waals surface area contributed by atoms with E-state index in [-0.39, 0.29) is 11.8 Å². The molecule has 0 bridgehead atoms. The first kappa shape index (κ1) is 16.7. The SMILES string of the molecule is O=C(CCc1ccsc1)Nc1cccc(C(=O)N2CCOCC2)c1. The fourth-order valence-corrected chi connectivity index (χ4v) is 3.30. The number of nitrogens with one attached hydrogen (secondary N) is 1. The molecule has 0 atom stereocenters. The molecule has 2 heterocycles. The highest BCUT2D eigenvalue weighted by atomic mass is 32.1. The van der Waals surface area contributed by atoms with E-state index in [1.54, 1.807) is 40.5 Å². The van der Waals surface area contributed by atoms with E-state index >= 15 is 0 Å². The summed E-state index contributed by atoms with van der Waals surface area (Å²) in [4.78, 5) is 26.3. The van der Waals surface area contributed by atoms with Gasteiger partial charge in [0.25, 0.3) is 5.91 Å². The maximum atomic E-state index is 12.5. The second kappa shape index (κ2) is 8.08. The highest BCUT2D eigenvalue weighted by molar-refractivity contribution is 7.07. The van der Waals surface area contributed by atoms with Crippen LogP contribution in [0.15, 0.2) is 41.1 Å². The molecule has 1 aromatic heterocycles. The lowest BCUT2D eigenvalue weighted by Crippen LogP contribution is -2.40. The normalized spacial score (nSPS) is 14.4. The van der Waals surface area contributed by atoms with Crippen LogP contribution in [-0.4, -0.2) is 43.0 Å². The van der Waals surface area contributed by atoms with E-state index < -0.39 is 0 Å². The minimum atomic E-state index is -0.0443. The lowest BCUT2D eigenvalue weighted by molar-refractivity contribution is -0.116. The van der Waals surface area contributed by atoms with Crippen molar-refractivity contribution < 1.29 is 14.3 Å². The van der Waals surface area contributed by atoms with Crippen LogP contribution in [-0.2, 0) is 16.0 Å². The first-order valence-electron chi connectivity index (χ1n) is 8.00. The first-order valence-corrected chi connectivity index (χ1v) is 8.95. The van der Waals surface area contributed by atoms with E-state index in [0.717, 1.165) is 6.42 Å². The van der Waals surface area contributed by atoms with Crippen LogP contribution in [0.3, 0.4) is 0 Å². The Morgan fingerprint density at radius 2 is 2.04 bits per heavy atom. The first-order chi connectivity index (χ1) is 11.7. The van der Waals surface area contributed by atoms with Crippen LogP contribution in [0.4, 0.5) is 5.69 Å². The van der Waals surface area contributed by atoms with Gasteiger partial charge in [-0.15, -0.1) is 0 Å². The number of rotatable bonds is 5. The van der Waals surface area contributed by atoms with E-state index in [4.69, 9.17) is 4.74 Å². The maximum absolute atomic E-state index is 12.5. The molecule has 126 valence electrons. The van der Waals surface area contributed by atoms with Gasteiger partial charge in [-0.2, -0.15) is 11.3 Å². The third-order valence-electron chi connectivity index (χ3n) is 3.91. The number of thiophene rings is 1. The van der Waals surface area contributed by atoms with Crippen molar-refractivity contribution in [2.45, 2.75) is 12.8 Å². The quantitative estimate of drug-likeness (QED) is 0.907. The zero-order chi connectivity index (χ0) is 16.8. The van der Waals surface area contributed by atoms with Crippen molar-refractivity contribution in [2.24, 2.45) is 0 Å². The summed E-state index contributed by atoms with van der Waals surface area (Å²) in [6, 6.07) is 9.14. The zero-order valence-corrected chi connectivity index (χ0v) is 14.2. The van der Waals surface area contributed by atoms with Crippen molar-refractivity contribution >= 4 is 28.8 Å². The van der Waals surface area contributed by atoms with E-state index in [9.17, 15) is 9.59 Å². The summed E-state index contributed by atoms with van der Waals surface area (Å²) in [6.45, 7) is 2.36. The molecule has 1 fully saturated rings. The molecule has 2 amide bonds. The summed E-state index contributed by atoms with van der Waals surface area (Å²) >= 11 is 1.63. The van der Waals surface area contributed by atoms with Crippen molar-refractivity contribution in [3.63, 3.8) is 0 Å². The number of aryl methyl sites for hydroxylation is 1. The molecule has 5 nitrogen and oxygen atoms in total. The fraction of sp³-hybridized carbons (Fsp3) is 0.333. The molecule has 1 saturated heterocycles. The number of nitrogens with zero attached hydrogens (tertiary/aromatic N) is 1. The van der Waals surface area contributed by atoms with Crippen LogP contribution in [0.25, 0.3) is 0 Å². The summed E-state index contributed by atoms with van der Waals surface area (Å²) in [5.41, 5.74) is 2.42. The van der Waals surface area contributed by atoms with E-state index in [1.807, 2.05) is 11.4 Å². The molecule has 1 aromatic carbocycles. The van der Waals surface area contributed by atoms with Crippen LogP contribution >= 0.6 is 11.3 Å². The van der Waals surface area contributed by atoms with E-state index in [2.05, 4.69) is 10.7 Å². The number of benzene rings is 1. The lowest BCUT2D eigenvalue weighted by Gasteiger charge is -2.27. The van der Waals surface area contributed by atoms with Crippen LogP contribution in [0.2, 0.25) is 0 Å². The number of morpholine rings is 1. The molecule has 0 spiro atoms. The predicted octanol–water partition coefficient (Wildman–Crippen LogP) is 2.79. The fourth-order valence-electron chi connectivity index (χ4n) is 2.60. The Bertz CT molecular complexity index is 694. The molecule has 1 aliphatic heterocycles. The third kappa shape index (κ3) is 4.43. The number of anilines is 1. The highest BCUT2D eigenvalue weighted by Crippen LogP contribution is 2.15. The number of ether oxygens (including phenoxy) is 1. The number of carbonyl (C=O) groups excluding carboxylic acids is 2. The van der Waals surface area contributed by atoms with Gasteiger partial charge in [0.15, 0.2) is 0 Å². The Balaban J connectivity index is 1.58. The molecule has 1 N–H and O–H groups in total. The van der Waals surface area contributed by atoms with Gasteiger partial charge in [-0.3, -0.25) is 9.59 Å². The Morgan fingerprint density at radius 1 is 1.21 bits per heavy atom. The number of amides is 2. The van der Waals surface area contributed by atoms with E-state index in [1.165, 1.54) is 5.56 Å². The van der Waals surface area contributed by atoms with Crippen LogP contribution < -0.4 is 5.32 Å². The molecule has 1 aliphatic rings. The number of hydrogen-bond donors (Lipinski definition) is 1. The molecule has 24 heavy (non-hydrogen) atoms. The van der Waals surface area contributed by atoms with Crippen molar-refractivity contribution in [1.29, 1.82) is 0 Å². The minimum absolute atomic E-state index is 0.0207. The Kier molecular flexibility index (Phi) is 5.61. The lowest BCUT2D eigenvalue weighted by atomic mass is 10.1. The van der Waals surface area contributed by atoms with Crippen LogP contribution in [0, 0.1) is 0 Å². The van der Waals surface area contributed by atoms with Crippen molar-refractivity contribution in [3.8, 4) is 0 Å². The predicted molar refractivity (Wildman–Crippen MR) is 94.4 cm³/mol. The van der Waals surface area contributed by atoms with Gasteiger partial charge in [0, 0.05) is 30.8 Å². The summed E-state index contributed by atoms with van der Waals surface area (Å²) in [6.07, 6.45) is 1.15. The summed E-state index contributed by atoms with van der Waals surface area (Å²) in [7, 11) is 0. The zero-order valence-electron chi connectivity index (χ0n) is 13.4. The van der Waals surface area contributed by atoms with Crippen molar-refractivity contribution in [1.82, 2.24) is 4.90 Å². The third-order valence-corrected chi connectivity index (χ3v) is 4.64. The van der Waals surface area contributed by atoms with Gasteiger partial charge < -0.3 is 15.0 Å². The maximum Gasteiger partial charge on any atom is 0.254 e. The molecular weight excluding hydrogens is 324 g/mol. The topological polar surface area (TPSA) is 58.6 Å². The van der Waals surface area contributed by atoms with Crippen molar-refractivity contribution in [3.05, 3.63) is 52.2 Å². The Labute approximate surface area is 145 Å². The summed E-state index contributed by atoms with van der Waals surface area (Å²) < 4.78 is 5.27. The average molecular weight is 344 g/mol. The van der Waals surface area contributed by atoms with Gasteiger partial charge in [0.2, 0.25) is 5.91 Å². The smallest absolute Gasteiger partial charge is 0.254 e. The highest BCUT2D eigenvalue weighted by Gasteiger charge is 2.18. The largest absolute Gasteiger partial charge is 0.378 e. The monoisotopic (exact) mass is 344 g/mol. The molecule has 0 radical (unpaired) electrons. The van der Waals surface area contributed by atoms with Gasteiger partial charge in [-0.1, -0.05) is 6.07 Å². The average Bonchev–Trinajstić information content (AvgIpc) is 3.14. The molecule has 2 aromatic rings. The molecule has 3 rings (SSSR count). The van der Waals surface area contributed by atoms with Crippen LogP contribution in [0.1, 0.15) is 22.3 Å². The summed E-state index contributed by atoms with van der Waals surface area (Å²) in [5, 5.41) is 6.93. The minimum Gasteiger partial charge on any atom is -0.378 e. The van der Waals surface area contributed by atoms with Crippen LogP contribution in [0.5, 0.6) is 0 Å². The van der Waals surface area contributed by atoms with Gasteiger partial charge >= 0.3 is 0 Å². The van der Waals surface area contributed by atoms with Gasteiger partial charge in [0.1, 0.15) is 0 Å². The second-order valence-corrected chi connectivity index (χ2v) is 6.45. The number of carbonyl (C=O) groups is 2. The molecular formula is C18H20N2O3S. The number of hydrogen-bond acceptors (Lipinski definition) is 4. The van der Waals surface area contributed by atoms with Gasteiger partial charge in [0.05, 0.1) is 13.2 Å². The molecule has 0 saturated carbocycles. The molecule has 0 aliphatic carbocycles. The molecule has 0 unspecified atom stereocenters. The van der Waals surface area contributed by atoms with Gasteiger partial charge in [-0.25, -0.2) is 0 Å². The molecule has 6 heteroatoms. The second-order valence-electron chi connectivity index (χ2n) is 5.67.